The molecule has 8 heteroatoms. The molecule has 1 atom stereocenters. The van der Waals surface area contributed by atoms with Crippen LogP contribution in [0.15, 0.2) is 72.8 Å². The summed E-state index contributed by atoms with van der Waals surface area (Å²) >= 11 is 0. The molecule has 0 bridgehead atoms. The lowest BCUT2D eigenvalue weighted by atomic mass is 9.98. The van der Waals surface area contributed by atoms with Gasteiger partial charge in [-0.15, -0.1) is 0 Å². The van der Waals surface area contributed by atoms with Crippen molar-refractivity contribution < 1.29 is 33.0 Å². The van der Waals surface area contributed by atoms with E-state index in [0.29, 0.717) is 6.42 Å². The lowest BCUT2D eigenvalue weighted by Gasteiger charge is -2.17. The third-order valence-electron chi connectivity index (χ3n) is 5.80. The Balaban J connectivity index is 1.34. The second-order valence-corrected chi connectivity index (χ2v) is 7.92. The fourth-order valence-electron chi connectivity index (χ4n) is 4.19. The molecule has 0 spiro atoms. The van der Waals surface area contributed by atoms with Gasteiger partial charge in [-0.25, -0.2) is 9.59 Å². The van der Waals surface area contributed by atoms with Crippen molar-refractivity contribution in [3.05, 3.63) is 89.5 Å². The molecule has 0 heterocycles. The Morgan fingerprint density at radius 3 is 2.06 bits per heavy atom. The van der Waals surface area contributed by atoms with Crippen LogP contribution in [0, 0.1) is 0 Å². The van der Waals surface area contributed by atoms with Gasteiger partial charge in [-0.1, -0.05) is 60.7 Å². The van der Waals surface area contributed by atoms with Crippen LogP contribution < -0.4 is 10.1 Å². The first-order valence-corrected chi connectivity index (χ1v) is 10.8. The average molecular weight is 467 g/mol. The molecule has 1 aliphatic rings. The Labute approximate surface area is 195 Å². The van der Waals surface area contributed by atoms with Crippen LogP contribution in [0.1, 0.15) is 29.0 Å². The highest BCUT2D eigenvalue weighted by Gasteiger charge is 2.29. The van der Waals surface area contributed by atoms with Gasteiger partial charge in [0.15, 0.2) is 0 Å². The van der Waals surface area contributed by atoms with Gasteiger partial charge in [0.05, 0.1) is 0 Å². The van der Waals surface area contributed by atoms with Gasteiger partial charge < -0.3 is 19.9 Å². The monoisotopic (exact) mass is 467 g/mol. The Morgan fingerprint density at radius 2 is 1.50 bits per heavy atom. The van der Waals surface area contributed by atoms with Gasteiger partial charge >= 0.3 is 18.7 Å². The van der Waals surface area contributed by atoms with Gasteiger partial charge in [0, 0.05) is 5.92 Å². The number of alkyl halides is 2. The summed E-state index contributed by atoms with van der Waals surface area (Å²) in [5, 5.41) is 11.9. The number of carboxylic acids is 1. The van der Waals surface area contributed by atoms with Gasteiger partial charge in [-0.3, -0.25) is 0 Å². The summed E-state index contributed by atoms with van der Waals surface area (Å²) in [7, 11) is 0. The molecule has 3 aromatic carbocycles. The number of benzene rings is 3. The van der Waals surface area contributed by atoms with Gasteiger partial charge in [0.2, 0.25) is 0 Å². The number of ether oxygens (including phenoxy) is 2. The lowest BCUT2D eigenvalue weighted by Crippen LogP contribution is -2.41. The molecular weight excluding hydrogens is 444 g/mol. The third kappa shape index (κ3) is 5.33. The van der Waals surface area contributed by atoms with Crippen LogP contribution in [-0.4, -0.2) is 36.4 Å². The highest BCUT2D eigenvalue weighted by molar-refractivity contribution is 5.81. The number of aryl methyl sites for hydroxylation is 1. The normalized spacial score (nSPS) is 13.1. The second kappa shape index (κ2) is 10.3. The number of rotatable bonds is 9. The predicted molar refractivity (Wildman–Crippen MR) is 121 cm³/mol. The van der Waals surface area contributed by atoms with E-state index in [1.807, 2.05) is 48.5 Å². The smallest absolute Gasteiger partial charge is 0.407 e. The second-order valence-electron chi connectivity index (χ2n) is 7.92. The van der Waals surface area contributed by atoms with Crippen molar-refractivity contribution in [3.63, 3.8) is 0 Å². The largest absolute Gasteiger partial charge is 0.480 e. The number of nitrogens with one attached hydrogen (secondary N) is 1. The van der Waals surface area contributed by atoms with E-state index in [9.17, 15) is 23.5 Å². The van der Waals surface area contributed by atoms with Crippen LogP contribution >= 0.6 is 0 Å². The van der Waals surface area contributed by atoms with E-state index in [4.69, 9.17) is 4.74 Å². The lowest BCUT2D eigenvalue weighted by molar-refractivity contribution is -0.139. The maximum Gasteiger partial charge on any atom is 0.407 e. The molecule has 176 valence electrons. The van der Waals surface area contributed by atoms with Crippen molar-refractivity contribution in [1.29, 1.82) is 0 Å². The molecule has 0 saturated heterocycles. The van der Waals surface area contributed by atoms with Crippen molar-refractivity contribution in [3.8, 4) is 16.9 Å². The fourth-order valence-corrected chi connectivity index (χ4v) is 4.19. The van der Waals surface area contributed by atoms with E-state index >= 15 is 0 Å². The fraction of sp³-hybridized carbons (Fsp3) is 0.231. The molecule has 4 rings (SSSR count). The van der Waals surface area contributed by atoms with Gasteiger partial charge in [-0.05, 0) is 52.8 Å². The minimum Gasteiger partial charge on any atom is -0.480 e. The molecule has 0 unspecified atom stereocenters. The first-order chi connectivity index (χ1) is 16.4. The van der Waals surface area contributed by atoms with E-state index < -0.39 is 24.7 Å². The molecule has 1 amide bonds. The Bertz CT molecular complexity index is 1120. The van der Waals surface area contributed by atoms with Crippen molar-refractivity contribution in [2.45, 2.75) is 31.4 Å². The SMILES string of the molecule is O=C(N[C@@H](CCc1ccc(OC(F)F)cc1)C(=O)O)OCC1c2ccccc2-c2ccccc21. The molecule has 1 aliphatic carbocycles. The minimum absolute atomic E-state index is 0.0188. The average Bonchev–Trinajstić information content (AvgIpc) is 3.14. The molecular formula is C26H23F2NO5. The number of hydrogen-bond donors (Lipinski definition) is 2. The summed E-state index contributed by atoms with van der Waals surface area (Å²) in [5.41, 5.74) is 5.04. The summed E-state index contributed by atoms with van der Waals surface area (Å²) in [6, 6.07) is 20.6. The topological polar surface area (TPSA) is 84.9 Å². The standard InChI is InChI=1S/C26H23F2NO5/c27-25(28)34-17-12-9-16(10-13-17)11-14-23(24(30)31)29-26(32)33-15-22-20-7-3-1-5-18(20)19-6-2-4-8-21(19)22/h1-10,12-13,22-23,25H,11,14-15H2,(H,29,32)(H,30,31)/t23-/m0/s1. The highest BCUT2D eigenvalue weighted by Crippen LogP contribution is 2.44. The van der Waals surface area contributed by atoms with Gasteiger partial charge in [-0.2, -0.15) is 8.78 Å². The van der Waals surface area contributed by atoms with Crippen LogP contribution in [-0.2, 0) is 16.0 Å². The molecule has 0 fully saturated rings. The van der Waals surface area contributed by atoms with Gasteiger partial charge in [0.1, 0.15) is 18.4 Å². The summed E-state index contributed by atoms with van der Waals surface area (Å²) in [6.45, 7) is -2.83. The van der Waals surface area contributed by atoms with Crippen molar-refractivity contribution in [2.75, 3.05) is 6.61 Å². The Kier molecular flexibility index (Phi) is 7.06. The highest BCUT2D eigenvalue weighted by atomic mass is 19.3. The number of carbonyl (C=O) groups is 2. The van der Waals surface area contributed by atoms with Crippen LogP contribution in [0.2, 0.25) is 0 Å². The first-order valence-electron chi connectivity index (χ1n) is 10.8. The number of amides is 1. The van der Waals surface area contributed by atoms with E-state index in [2.05, 4.69) is 10.1 Å². The van der Waals surface area contributed by atoms with Crippen molar-refractivity contribution in [2.24, 2.45) is 0 Å². The number of hydrogen-bond acceptors (Lipinski definition) is 4. The van der Waals surface area contributed by atoms with E-state index in [1.54, 1.807) is 12.1 Å². The number of halogens is 2. The van der Waals surface area contributed by atoms with Crippen LogP contribution in [0.25, 0.3) is 11.1 Å². The molecule has 34 heavy (non-hydrogen) atoms. The number of carbonyl (C=O) groups excluding carboxylic acids is 1. The summed E-state index contributed by atoms with van der Waals surface area (Å²) in [4.78, 5) is 24.1. The van der Waals surface area contributed by atoms with Crippen LogP contribution in [0.5, 0.6) is 5.75 Å². The molecule has 3 aromatic rings. The molecule has 0 aromatic heterocycles. The first kappa shape index (κ1) is 23.2. The molecule has 6 nitrogen and oxygen atoms in total. The maximum absolute atomic E-state index is 12.4. The quantitative estimate of drug-likeness (QED) is 0.451. The Hall–Kier alpha value is -3.94. The Morgan fingerprint density at radius 1 is 0.912 bits per heavy atom. The third-order valence-corrected chi connectivity index (χ3v) is 5.80. The zero-order valence-electron chi connectivity index (χ0n) is 18.1. The molecule has 0 saturated carbocycles. The number of fused-ring (bicyclic) bond motifs is 3. The van der Waals surface area contributed by atoms with E-state index in [1.165, 1.54) is 12.1 Å². The van der Waals surface area contributed by atoms with Crippen LogP contribution in [0.3, 0.4) is 0 Å². The van der Waals surface area contributed by atoms with Crippen LogP contribution in [0.4, 0.5) is 13.6 Å². The summed E-state index contributed by atoms with van der Waals surface area (Å²) in [5.74, 6) is -1.30. The van der Waals surface area contributed by atoms with Crippen molar-refractivity contribution >= 4 is 12.1 Å². The molecule has 0 aliphatic heterocycles. The van der Waals surface area contributed by atoms with E-state index in [-0.39, 0.29) is 24.7 Å². The number of alkyl carbamates (subject to hydrolysis) is 1. The van der Waals surface area contributed by atoms with Gasteiger partial charge in [0.25, 0.3) is 0 Å². The van der Waals surface area contributed by atoms with E-state index in [0.717, 1.165) is 27.8 Å². The molecule has 0 radical (unpaired) electrons. The van der Waals surface area contributed by atoms with Crippen molar-refractivity contribution in [1.82, 2.24) is 5.32 Å². The number of carboxylic acid groups (broad SMARTS) is 1. The predicted octanol–water partition coefficient (Wildman–Crippen LogP) is 5.21. The summed E-state index contributed by atoms with van der Waals surface area (Å²) < 4.78 is 34.2. The zero-order valence-corrected chi connectivity index (χ0v) is 18.1. The zero-order chi connectivity index (χ0) is 24.1. The minimum atomic E-state index is -2.91. The maximum atomic E-state index is 12.4. The molecule has 2 N–H and O–H groups in total. The number of aliphatic carboxylic acids is 1. The summed E-state index contributed by atoms with van der Waals surface area (Å²) in [6.07, 6.45) is -0.389.